The van der Waals surface area contributed by atoms with E-state index in [1.54, 1.807) is 7.11 Å². The number of aliphatic hydroxyl groups is 1. The van der Waals surface area contributed by atoms with Crippen molar-refractivity contribution in [1.82, 2.24) is 0 Å². The molecule has 0 aromatic carbocycles. The fourth-order valence-electron chi connectivity index (χ4n) is 1.44. The van der Waals surface area contributed by atoms with E-state index in [1.165, 1.54) is 6.42 Å². The van der Waals surface area contributed by atoms with Crippen molar-refractivity contribution in [2.75, 3.05) is 13.7 Å². The normalized spacial score (nSPS) is 16.4. The Balaban J connectivity index is 3.76. The van der Waals surface area contributed by atoms with Gasteiger partial charge in [-0.05, 0) is 12.3 Å². The molecule has 0 fully saturated rings. The van der Waals surface area contributed by atoms with E-state index in [-0.39, 0.29) is 12.7 Å². The average Bonchev–Trinajstić information content (AvgIpc) is 2.05. The standard InChI is InChI=1S/C9H20O2/c1-4-6-8(5-2)9(7-10)11-3/h8-10H,4-7H2,1-3H3. The van der Waals surface area contributed by atoms with Gasteiger partial charge in [0.1, 0.15) is 0 Å². The van der Waals surface area contributed by atoms with Gasteiger partial charge in [-0.25, -0.2) is 0 Å². The van der Waals surface area contributed by atoms with Crippen LogP contribution in [0.3, 0.4) is 0 Å². The van der Waals surface area contributed by atoms with Crippen LogP contribution in [0.15, 0.2) is 0 Å². The van der Waals surface area contributed by atoms with Crippen LogP contribution < -0.4 is 0 Å². The Morgan fingerprint density at radius 3 is 2.27 bits per heavy atom. The van der Waals surface area contributed by atoms with Crippen molar-refractivity contribution in [2.45, 2.75) is 39.2 Å². The molecule has 1 N–H and O–H groups in total. The second-order valence-electron chi connectivity index (χ2n) is 2.91. The zero-order valence-electron chi connectivity index (χ0n) is 7.84. The largest absolute Gasteiger partial charge is 0.394 e. The minimum absolute atomic E-state index is 0.0416. The smallest absolute Gasteiger partial charge is 0.0829 e. The summed E-state index contributed by atoms with van der Waals surface area (Å²) in [6, 6.07) is 0. The lowest BCUT2D eigenvalue weighted by Gasteiger charge is -2.22. The molecule has 0 aromatic heterocycles. The summed E-state index contributed by atoms with van der Waals surface area (Å²) in [5.74, 6) is 0.523. The summed E-state index contributed by atoms with van der Waals surface area (Å²) in [4.78, 5) is 0. The van der Waals surface area contributed by atoms with Crippen LogP contribution in [0.2, 0.25) is 0 Å². The van der Waals surface area contributed by atoms with E-state index in [2.05, 4.69) is 13.8 Å². The molecule has 2 nitrogen and oxygen atoms in total. The molecule has 0 aliphatic heterocycles. The molecule has 0 aromatic rings. The summed E-state index contributed by atoms with van der Waals surface area (Å²) >= 11 is 0. The first-order valence-corrected chi connectivity index (χ1v) is 4.43. The third-order valence-electron chi connectivity index (χ3n) is 2.19. The number of hydrogen-bond donors (Lipinski definition) is 1. The molecule has 0 heterocycles. The molecule has 0 amide bonds. The average molecular weight is 160 g/mol. The first-order chi connectivity index (χ1) is 5.29. The molecule has 0 radical (unpaired) electrons. The van der Waals surface area contributed by atoms with Crippen LogP contribution in [0.1, 0.15) is 33.1 Å². The Labute approximate surface area is 69.6 Å². The summed E-state index contributed by atoms with van der Waals surface area (Å²) in [7, 11) is 1.67. The summed E-state index contributed by atoms with van der Waals surface area (Å²) in [5.41, 5.74) is 0. The van der Waals surface area contributed by atoms with Gasteiger partial charge in [0, 0.05) is 7.11 Å². The van der Waals surface area contributed by atoms with E-state index in [0.29, 0.717) is 5.92 Å². The predicted molar refractivity (Wildman–Crippen MR) is 46.6 cm³/mol. The molecular weight excluding hydrogens is 140 g/mol. The van der Waals surface area contributed by atoms with Crippen LogP contribution in [-0.4, -0.2) is 24.9 Å². The van der Waals surface area contributed by atoms with Gasteiger partial charge in [-0.15, -0.1) is 0 Å². The molecule has 0 aliphatic rings. The monoisotopic (exact) mass is 160 g/mol. The van der Waals surface area contributed by atoms with Gasteiger partial charge in [0.25, 0.3) is 0 Å². The van der Waals surface area contributed by atoms with Crippen LogP contribution in [0, 0.1) is 5.92 Å². The first kappa shape index (κ1) is 10.9. The van der Waals surface area contributed by atoms with Gasteiger partial charge in [-0.2, -0.15) is 0 Å². The van der Waals surface area contributed by atoms with E-state index in [9.17, 15) is 0 Å². The van der Waals surface area contributed by atoms with E-state index >= 15 is 0 Å². The van der Waals surface area contributed by atoms with E-state index < -0.39 is 0 Å². The van der Waals surface area contributed by atoms with Gasteiger partial charge < -0.3 is 9.84 Å². The summed E-state index contributed by atoms with van der Waals surface area (Å²) < 4.78 is 5.16. The van der Waals surface area contributed by atoms with Crippen molar-refractivity contribution < 1.29 is 9.84 Å². The zero-order valence-corrected chi connectivity index (χ0v) is 7.84. The van der Waals surface area contributed by atoms with Gasteiger partial charge in [-0.1, -0.05) is 26.7 Å². The van der Waals surface area contributed by atoms with Crippen molar-refractivity contribution >= 4 is 0 Å². The molecule has 2 unspecified atom stereocenters. The SMILES string of the molecule is CCCC(CC)C(CO)OC. The lowest BCUT2D eigenvalue weighted by Crippen LogP contribution is -2.26. The van der Waals surface area contributed by atoms with Crippen LogP contribution in [0.25, 0.3) is 0 Å². The van der Waals surface area contributed by atoms with Crippen LogP contribution >= 0.6 is 0 Å². The van der Waals surface area contributed by atoms with Crippen molar-refractivity contribution in [3.05, 3.63) is 0 Å². The van der Waals surface area contributed by atoms with Crippen molar-refractivity contribution in [3.8, 4) is 0 Å². The maximum Gasteiger partial charge on any atom is 0.0829 e. The molecular formula is C9H20O2. The molecule has 68 valence electrons. The quantitative estimate of drug-likeness (QED) is 0.642. The molecule has 0 aliphatic carbocycles. The highest BCUT2D eigenvalue weighted by Gasteiger charge is 2.16. The lowest BCUT2D eigenvalue weighted by atomic mass is 9.95. The van der Waals surface area contributed by atoms with Gasteiger partial charge in [0.2, 0.25) is 0 Å². The van der Waals surface area contributed by atoms with Gasteiger partial charge in [-0.3, -0.25) is 0 Å². The predicted octanol–water partition coefficient (Wildman–Crippen LogP) is 1.82. The highest BCUT2D eigenvalue weighted by atomic mass is 16.5. The Hall–Kier alpha value is -0.0800. The highest BCUT2D eigenvalue weighted by Crippen LogP contribution is 2.17. The second kappa shape index (κ2) is 6.62. The maximum atomic E-state index is 8.93. The highest BCUT2D eigenvalue weighted by molar-refractivity contribution is 4.67. The minimum Gasteiger partial charge on any atom is -0.394 e. The zero-order chi connectivity index (χ0) is 8.69. The molecule has 0 spiro atoms. The number of aliphatic hydroxyl groups excluding tert-OH is 1. The van der Waals surface area contributed by atoms with Crippen LogP contribution in [0.5, 0.6) is 0 Å². The number of hydrogen-bond acceptors (Lipinski definition) is 2. The fraction of sp³-hybridized carbons (Fsp3) is 1.00. The summed E-state index contributed by atoms with van der Waals surface area (Å²) in [6.07, 6.45) is 3.45. The second-order valence-corrected chi connectivity index (χ2v) is 2.91. The Bertz CT molecular complexity index is 79.6. The van der Waals surface area contributed by atoms with Crippen molar-refractivity contribution in [2.24, 2.45) is 5.92 Å². The van der Waals surface area contributed by atoms with Crippen LogP contribution in [-0.2, 0) is 4.74 Å². The fourth-order valence-corrected chi connectivity index (χ4v) is 1.44. The van der Waals surface area contributed by atoms with Crippen molar-refractivity contribution in [3.63, 3.8) is 0 Å². The number of rotatable bonds is 6. The van der Waals surface area contributed by atoms with Crippen molar-refractivity contribution in [1.29, 1.82) is 0 Å². The van der Waals surface area contributed by atoms with E-state index in [4.69, 9.17) is 9.84 Å². The molecule has 0 rings (SSSR count). The lowest BCUT2D eigenvalue weighted by molar-refractivity contribution is 0.00341. The van der Waals surface area contributed by atoms with Gasteiger partial charge in [0.05, 0.1) is 12.7 Å². The first-order valence-electron chi connectivity index (χ1n) is 4.43. The topological polar surface area (TPSA) is 29.5 Å². The molecule has 0 saturated heterocycles. The van der Waals surface area contributed by atoms with E-state index in [1.807, 2.05) is 0 Å². The molecule has 0 bridgehead atoms. The van der Waals surface area contributed by atoms with E-state index in [0.717, 1.165) is 12.8 Å². The molecule has 2 heteroatoms. The Morgan fingerprint density at radius 2 is 2.00 bits per heavy atom. The van der Waals surface area contributed by atoms with Gasteiger partial charge >= 0.3 is 0 Å². The summed E-state index contributed by atoms with van der Waals surface area (Å²) in [6.45, 7) is 4.45. The third kappa shape index (κ3) is 3.73. The maximum absolute atomic E-state index is 8.93. The Kier molecular flexibility index (Phi) is 6.57. The van der Waals surface area contributed by atoms with Crippen LogP contribution in [0.4, 0.5) is 0 Å². The molecule has 11 heavy (non-hydrogen) atoms. The third-order valence-corrected chi connectivity index (χ3v) is 2.19. The van der Waals surface area contributed by atoms with Gasteiger partial charge in [0.15, 0.2) is 0 Å². The number of methoxy groups -OCH3 is 1. The Morgan fingerprint density at radius 1 is 1.36 bits per heavy atom. The molecule has 0 saturated carbocycles. The number of ether oxygens (including phenoxy) is 1. The molecule has 2 atom stereocenters. The minimum atomic E-state index is 0.0416. The summed E-state index contributed by atoms with van der Waals surface area (Å²) in [5, 5.41) is 8.93.